The molecule has 6 rings (SSSR count). The van der Waals surface area contributed by atoms with Crippen LogP contribution in [0.3, 0.4) is 0 Å². The van der Waals surface area contributed by atoms with Crippen LogP contribution < -0.4 is 10.5 Å². The molecule has 2 N–H and O–H groups in total. The molecule has 0 bridgehead atoms. The Kier molecular flexibility index (Phi) is 5.87. The van der Waals surface area contributed by atoms with Crippen molar-refractivity contribution in [3.05, 3.63) is 72.6 Å². The van der Waals surface area contributed by atoms with Crippen molar-refractivity contribution in [2.75, 3.05) is 18.8 Å². The molecule has 0 radical (unpaired) electrons. The normalized spacial score (nSPS) is 20.7. The summed E-state index contributed by atoms with van der Waals surface area (Å²) in [6.07, 6.45) is 5.17. The number of likely N-dealkylation sites (tertiary alicyclic amines) is 1. The molecule has 4 aromatic rings. The Bertz CT molecular complexity index is 1460. The highest BCUT2D eigenvalue weighted by atomic mass is 16.5. The third-order valence-electron chi connectivity index (χ3n) is 7.42. The number of carbonyl (C=O) groups excluding carboxylic acids is 1. The number of aromatic nitrogens is 4. The number of allylic oxidation sites excluding steroid dienone is 1. The second-order valence-electron chi connectivity index (χ2n) is 10.3. The molecule has 1 aliphatic carbocycles. The van der Waals surface area contributed by atoms with Crippen LogP contribution in [0.1, 0.15) is 32.7 Å². The van der Waals surface area contributed by atoms with Crippen LogP contribution >= 0.6 is 0 Å². The van der Waals surface area contributed by atoms with E-state index in [0.717, 1.165) is 65.3 Å². The first-order valence-electron chi connectivity index (χ1n) is 12.7. The minimum Gasteiger partial charge on any atom is -0.457 e. The first-order chi connectivity index (χ1) is 18.0. The number of amides is 1. The maximum Gasteiger partial charge on any atom is 0.246 e. The Morgan fingerprint density at radius 3 is 2.32 bits per heavy atom. The van der Waals surface area contributed by atoms with Crippen LogP contribution in [0.2, 0.25) is 0 Å². The molecule has 1 amide bonds. The average Bonchev–Trinajstić information content (AvgIpc) is 3.57. The Balaban J connectivity index is 1.26. The van der Waals surface area contributed by atoms with Gasteiger partial charge in [-0.3, -0.25) is 4.79 Å². The summed E-state index contributed by atoms with van der Waals surface area (Å²) in [5, 5.41) is 5.81. The fourth-order valence-corrected chi connectivity index (χ4v) is 5.74. The topological polar surface area (TPSA) is 99.2 Å². The van der Waals surface area contributed by atoms with E-state index in [1.165, 1.54) is 6.33 Å². The van der Waals surface area contributed by atoms with Gasteiger partial charge in [-0.25, -0.2) is 14.6 Å². The number of anilines is 1. The van der Waals surface area contributed by atoms with Gasteiger partial charge in [0.25, 0.3) is 0 Å². The predicted molar refractivity (Wildman–Crippen MR) is 143 cm³/mol. The number of carbonyl (C=O) groups is 1. The number of hydrogen-bond acceptors (Lipinski definition) is 6. The van der Waals surface area contributed by atoms with Crippen molar-refractivity contribution < 1.29 is 9.53 Å². The van der Waals surface area contributed by atoms with E-state index in [1.807, 2.05) is 78.0 Å². The molecule has 2 aliphatic rings. The highest BCUT2D eigenvalue weighted by Crippen LogP contribution is 2.45. The van der Waals surface area contributed by atoms with Gasteiger partial charge in [-0.15, -0.1) is 0 Å². The molecule has 2 fully saturated rings. The fourth-order valence-electron chi connectivity index (χ4n) is 5.74. The molecular formula is C29H30N6O2. The minimum absolute atomic E-state index is 0.123. The van der Waals surface area contributed by atoms with Gasteiger partial charge in [0, 0.05) is 24.7 Å². The smallest absolute Gasteiger partial charge is 0.246 e. The van der Waals surface area contributed by atoms with Gasteiger partial charge in [-0.1, -0.05) is 23.8 Å². The molecular weight excluding hydrogens is 464 g/mol. The van der Waals surface area contributed by atoms with Crippen LogP contribution in [0.25, 0.3) is 22.3 Å². The number of para-hydroxylation sites is 1. The Morgan fingerprint density at radius 2 is 1.65 bits per heavy atom. The van der Waals surface area contributed by atoms with Crippen LogP contribution in [0.5, 0.6) is 11.5 Å². The summed E-state index contributed by atoms with van der Waals surface area (Å²) in [4.78, 5) is 23.4. The van der Waals surface area contributed by atoms with Gasteiger partial charge < -0.3 is 15.4 Å². The van der Waals surface area contributed by atoms with Crippen molar-refractivity contribution >= 4 is 22.8 Å². The summed E-state index contributed by atoms with van der Waals surface area (Å²) in [6, 6.07) is 17.8. The van der Waals surface area contributed by atoms with Crippen LogP contribution in [0.15, 0.2) is 72.6 Å². The molecule has 37 heavy (non-hydrogen) atoms. The van der Waals surface area contributed by atoms with Crippen molar-refractivity contribution in [2.45, 2.75) is 32.7 Å². The Morgan fingerprint density at radius 1 is 0.973 bits per heavy atom. The summed E-state index contributed by atoms with van der Waals surface area (Å²) < 4.78 is 7.99. The van der Waals surface area contributed by atoms with Crippen LogP contribution in [0.4, 0.5) is 5.82 Å². The van der Waals surface area contributed by atoms with E-state index in [4.69, 9.17) is 15.6 Å². The lowest BCUT2D eigenvalue weighted by Crippen LogP contribution is -2.28. The second kappa shape index (κ2) is 9.35. The van der Waals surface area contributed by atoms with Crippen molar-refractivity contribution in [3.8, 4) is 22.8 Å². The zero-order valence-corrected chi connectivity index (χ0v) is 21.0. The monoisotopic (exact) mass is 494 g/mol. The molecule has 2 aromatic heterocycles. The lowest BCUT2D eigenvalue weighted by molar-refractivity contribution is -0.125. The Hall–Kier alpha value is -4.20. The lowest BCUT2D eigenvalue weighted by Gasteiger charge is -2.18. The third-order valence-corrected chi connectivity index (χ3v) is 7.42. The summed E-state index contributed by atoms with van der Waals surface area (Å²) in [5.41, 5.74) is 9.84. The largest absolute Gasteiger partial charge is 0.457 e. The van der Waals surface area contributed by atoms with E-state index in [9.17, 15) is 4.79 Å². The maximum absolute atomic E-state index is 12.5. The van der Waals surface area contributed by atoms with Gasteiger partial charge in [-0.05, 0) is 74.9 Å². The molecule has 8 nitrogen and oxygen atoms in total. The molecule has 188 valence electrons. The predicted octanol–water partition coefficient (Wildman–Crippen LogP) is 5.24. The van der Waals surface area contributed by atoms with Crippen molar-refractivity contribution in [2.24, 2.45) is 11.8 Å². The van der Waals surface area contributed by atoms with Gasteiger partial charge in [0.15, 0.2) is 5.65 Å². The van der Waals surface area contributed by atoms with E-state index in [-0.39, 0.29) is 11.9 Å². The SMILES string of the molecule is CC(C)=CC(=O)N1CC2CC(n3nc(-c4ccc(Oc5ccccc5)cc4)c4c(N)ncnc43)CC2C1. The van der Waals surface area contributed by atoms with Crippen LogP contribution in [0, 0.1) is 11.8 Å². The molecule has 2 atom stereocenters. The maximum atomic E-state index is 12.5. The molecule has 3 heterocycles. The number of hydrogen-bond donors (Lipinski definition) is 1. The van der Waals surface area contributed by atoms with Gasteiger partial charge in [0.05, 0.1) is 11.4 Å². The first kappa shape index (κ1) is 23.2. The summed E-state index contributed by atoms with van der Waals surface area (Å²) in [5.74, 6) is 3.02. The highest BCUT2D eigenvalue weighted by molar-refractivity contribution is 5.98. The molecule has 2 unspecified atom stereocenters. The van der Waals surface area contributed by atoms with Gasteiger partial charge in [0.1, 0.15) is 29.3 Å². The molecule has 2 aromatic carbocycles. The number of nitrogens with zero attached hydrogens (tertiary/aromatic N) is 5. The second-order valence-corrected chi connectivity index (χ2v) is 10.3. The molecule has 1 saturated carbocycles. The zero-order chi connectivity index (χ0) is 25.5. The minimum atomic E-state index is 0.123. The summed E-state index contributed by atoms with van der Waals surface area (Å²) in [7, 11) is 0. The van der Waals surface area contributed by atoms with E-state index in [0.29, 0.717) is 17.7 Å². The standard InChI is InChI=1S/C29H30N6O2/c1-18(2)12-25(36)34-15-20-13-22(14-21(20)16-34)35-29-26(28(30)31-17-32-29)27(33-35)19-8-10-24(11-9-19)37-23-6-4-3-5-7-23/h3-12,17,20-22H,13-16H2,1-2H3,(H2,30,31,32). The summed E-state index contributed by atoms with van der Waals surface area (Å²) >= 11 is 0. The average molecular weight is 495 g/mol. The number of rotatable bonds is 5. The molecule has 1 saturated heterocycles. The zero-order valence-electron chi connectivity index (χ0n) is 21.0. The summed E-state index contributed by atoms with van der Waals surface area (Å²) in [6.45, 7) is 5.52. The van der Waals surface area contributed by atoms with E-state index in [1.54, 1.807) is 6.08 Å². The van der Waals surface area contributed by atoms with E-state index < -0.39 is 0 Å². The lowest BCUT2D eigenvalue weighted by atomic mass is 10.0. The fraction of sp³-hybridized carbons (Fsp3) is 0.310. The van der Waals surface area contributed by atoms with Gasteiger partial charge in [0.2, 0.25) is 5.91 Å². The number of ether oxygens (including phenoxy) is 1. The Labute approximate surface area is 215 Å². The number of fused-ring (bicyclic) bond motifs is 2. The van der Waals surface area contributed by atoms with Crippen LogP contribution in [-0.2, 0) is 4.79 Å². The number of benzene rings is 2. The van der Waals surface area contributed by atoms with Crippen molar-refractivity contribution in [1.29, 1.82) is 0 Å². The molecule has 8 heteroatoms. The third kappa shape index (κ3) is 4.43. The van der Waals surface area contributed by atoms with Gasteiger partial charge >= 0.3 is 0 Å². The first-order valence-corrected chi connectivity index (χ1v) is 12.7. The molecule has 1 aliphatic heterocycles. The van der Waals surface area contributed by atoms with E-state index in [2.05, 4.69) is 9.97 Å². The van der Waals surface area contributed by atoms with E-state index >= 15 is 0 Å². The highest BCUT2D eigenvalue weighted by Gasteiger charge is 2.43. The van der Waals surface area contributed by atoms with Crippen LogP contribution in [-0.4, -0.2) is 43.6 Å². The number of nitrogens with two attached hydrogens (primary N) is 1. The van der Waals surface area contributed by atoms with Gasteiger partial charge in [-0.2, -0.15) is 5.10 Å². The van der Waals surface area contributed by atoms with Crippen molar-refractivity contribution in [1.82, 2.24) is 24.6 Å². The number of nitrogen functional groups attached to an aromatic ring is 1. The van der Waals surface area contributed by atoms with Crippen molar-refractivity contribution in [3.63, 3.8) is 0 Å². The quantitative estimate of drug-likeness (QED) is 0.381. The molecule has 0 spiro atoms.